The van der Waals surface area contributed by atoms with E-state index in [0.717, 1.165) is 0 Å². The van der Waals surface area contributed by atoms with Crippen molar-refractivity contribution < 1.29 is 14.6 Å². The molecule has 1 aliphatic rings. The van der Waals surface area contributed by atoms with Gasteiger partial charge in [0.15, 0.2) is 6.29 Å². The largest absolute Gasteiger partial charge is 0.361 e. The molecule has 0 bridgehead atoms. The zero-order valence-electron chi connectivity index (χ0n) is 11.1. The summed E-state index contributed by atoms with van der Waals surface area (Å²) in [6, 6.07) is 8.88. The minimum atomic E-state index is -1.72. The van der Waals surface area contributed by atoms with Crippen molar-refractivity contribution >= 4 is 0 Å². The van der Waals surface area contributed by atoms with E-state index < -0.39 is 23.7 Å². The summed E-state index contributed by atoms with van der Waals surface area (Å²) in [4.78, 5) is 2.83. The number of azide groups is 1. The molecule has 1 heterocycles. The summed E-state index contributed by atoms with van der Waals surface area (Å²) in [6.07, 6.45) is -1.08. The molecule has 0 spiro atoms. The molecule has 1 N–H and O–H groups in total. The third-order valence-corrected chi connectivity index (χ3v) is 3.63. The maximum atomic E-state index is 11.0. The summed E-state index contributed by atoms with van der Waals surface area (Å²) in [5, 5.41) is 14.7. The van der Waals surface area contributed by atoms with Gasteiger partial charge >= 0.3 is 0 Å². The monoisotopic (exact) mass is 263 g/mol. The van der Waals surface area contributed by atoms with E-state index in [-0.39, 0.29) is 0 Å². The number of hydrogen-bond donors (Lipinski definition) is 1. The molecule has 0 aromatic heterocycles. The number of aliphatic hydroxyl groups is 1. The molecule has 1 aliphatic heterocycles. The molecule has 1 saturated heterocycles. The quantitative estimate of drug-likeness (QED) is 0.505. The maximum Gasteiger partial charge on any atom is 0.208 e. The second-order valence-corrected chi connectivity index (χ2v) is 4.81. The smallest absolute Gasteiger partial charge is 0.208 e. The van der Waals surface area contributed by atoms with E-state index in [2.05, 4.69) is 10.0 Å². The number of ether oxygens (including phenoxy) is 2. The van der Waals surface area contributed by atoms with Gasteiger partial charge in [-0.2, -0.15) is 0 Å². The number of rotatable bonds is 2. The number of hydrogen-bond acceptors (Lipinski definition) is 4. The minimum Gasteiger partial charge on any atom is -0.361 e. The van der Waals surface area contributed by atoms with Crippen molar-refractivity contribution in [3.05, 3.63) is 46.3 Å². The van der Waals surface area contributed by atoms with Gasteiger partial charge in [-0.3, -0.25) is 0 Å². The molecular formula is C13H17N3O3. The second kappa shape index (κ2) is 4.83. The van der Waals surface area contributed by atoms with Gasteiger partial charge in [0, 0.05) is 10.5 Å². The standard InChI is InChI=1S/C13H17N3O3/c1-9-12(3,15-16-14)13(17,19-10(2)18-9)11-7-5-4-6-8-11/h4-10,17H,1-3H3/t9-,10-,12+,13+/m1/s1. The van der Waals surface area contributed by atoms with E-state index in [1.54, 1.807) is 45.0 Å². The fraction of sp³-hybridized carbons (Fsp3) is 0.538. The Kier molecular flexibility index (Phi) is 3.52. The van der Waals surface area contributed by atoms with Crippen LogP contribution >= 0.6 is 0 Å². The van der Waals surface area contributed by atoms with E-state index in [1.807, 2.05) is 6.07 Å². The predicted molar refractivity (Wildman–Crippen MR) is 69.0 cm³/mol. The Hall–Kier alpha value is -1.59. The van der Waals surface area contributed by atoms with Crippen LogP contribution in [0.1, 0.15) is 26.3 Å². The van der Waals surface area contributed by atoms with Crippen molar-refractivity contribution in [1.82, 2.24) is 0 Å². The van der Waals surface area contributed by atoms with Gasteiger partial charge in [-0.15, -0.1) is 0 Å². The van der Waals surface area contributed by atoms with Crippen molar-refractivity contribution in [2.45, 2.75) is 44.5 Å². The Morgan fingerprint density at radius 3 is 2.53 bits per heavy atom. The zero-order valence-corrected chi connectivity index (χ0v) is 11.1. The van der Waals surface area contributed by atoms with Crippen LogP contribution in [-0.2, 0) is 15.3 Å². The van der Waals surface area contributed by atoms with Gasteiger partial charge in [-0.05, 0) is 26.3 Å². The van der Waals surface area contributed by atoms with Gasteiger partial charge < -0.3 is 14.6 Å². The van der Waals surface area contributed by atoms with Gasteiger partial charge in [-0.1, -0.05) is 35.4 Å². The van der Waals surface area contributed by atoms with Crippen molar-refractivity contribution in [2.75, 3.05) is 0 Å². The summed E-state index contributed by atoms with van der Waals surface area (Å²) in [5.41, 5.74) is 8.06. The molecular weight excluding hydrogens is 246 g/mol. The van der Waals surface area contributed by atoms with E-state index in [1.165, 1.54) is 0 Å². The summed E-state index contributed by atoms with van der Waals surface area (Å²) < 4.78 is 11.1. The SMILES string of the molecule is C[C@@H]1O[C@H](C)[C@](C)(N=[N+]=[N-])[C@](O)(c2ccccc2)O1. The van der Waals surface area contributed by atoms with Crippen LogP contribution in [0, 0.1) is 0 Å². The lowest BCUT2D eigenvalue weighted by atomic mass is 9.81. The van der Waals surface area contributed by atoms with Crippen molar-refractivity contribution in [3.8, 4) is 0 Å². The van der Waals surface area contributed by atoms with Crippen molar-refractivity contribution in [3.63, 3.8) is 0 Å². The lowest BCUT2D eigenvalue weighted by Crippen LogP contribution is -2.62. The first-order valence-corrected chi connectivity index (χ1v) is 6.11. The van der Waals surface area contributed by atoms with Crippen LogP contribution in [0.25, 0.3) is 10.4 Å². The Balaban J connectivity index is 2.58. The Bertz CT molecular complexity index is 503. The van der Waals surface area contributed by atoms with Gasteiger partial charge in [-0.25, -0.2) is 0 Å². The lowest BCUT2D eigenvalue weighted by molar-refractivity contribution is -0.382. The van der Waals surface area contributed by atoms with Crippen LogP contribution in [0.5, 0.6) is 0 Å². The highest BCUT2D eigenvalue weighted by Gasteiger charge is 2.57. The predicted octanol–water partition coefficient (Wildman–Crippen LogP) is 2.68. The molecule has 6 nitrogen and oxygen atoms in total. The third-order valence-electron chi connectivity index (χ3n) is 3.63. The van der Waals surface area contributed by atoms with Gasteiger partial charge in [0.1, 0.15) is 5.54 Å². The minimum absolute atomic E-state index is 0.489. The fourth-order valence-electron chi connectivity index (χ4n) is 2.35. The van der Waals surface area contributed by atoms with Crippen LogP contribution in [-0.4, -0.2) is 23.0 Å². The Labute approximate surface area is 111 Å². The van der Waals surface area contributed by atoms with Gasteiger partial charge in [0.2, 0.25) is 5.79 Å². The molecule has 0 radical (unpaired) electrons. The molecule has 19 heavy (non-hydrogen) atoms. The number of benzene rings is 1. The molecule has 0 saturated carbocycles. The van der Waals surface area contributed by atoms with Gasteiger partial charge in [0.05, 0.1) is 6.10 Å². The lowest BCUT2D eigenvalue weighted by Gasteiger charge is -2.50. The molecule has 0 amide bonds. The van der Waals surface area contributed by atoms with Crippen molar-refractivity contribution in [1.29, 1.82) is 0 Å². The van der Waals surface area contributed by atoms with Crippen LogP contribution in [0.4, 0.5) is 0 Å². The highest BCUT2D eigenvalue weighted by atomic mass is 16.8. The van der Waals surface area contributed by atoms with E-state index in [0.29, 0.717) is 5.56 Å². The van der Waals surface area contributed by atoms with Crippen LogP contribution in [0.3, 0.4) is 0 Å². The Morgan fingerprint density at radius 1 is 1.32 bits per heavy atom. The average molecular weight is 263 g/mol. The summed E-state index contributed by atoms with van der Waals surface area (Å²) in [5.74, 6) is -1.72. The van der Waals surface area contributed by atoms with E-state index in [4.69, 9.17) is 15.0 Å². The van der Waals surface area contributed by atoms with Crippen LogP contribution < -0.4 is 0 Å². The van der Waals surface area contributed by atoms with Crippen molar-refractivity contribution in [2.24, 2.45) is 5.11 Å². The summed E-state index contributed by atoms with van der Waals surface area (Å²) in [6.45, 7) is 5.07. The average Bonchev–Trinajstić information content (AvgIpc) is 2.38. The highest BCUT2D eigenvalue weighted by molar-refractivity contribution is 5.26. The highest BCUT2D eigenvalue weighted by Crippen LogP contribution is 2.45. The van der Waals surface area contributed by atoms with E-state index >= 15 is 0 Å². The molecule has 1 aromatic rings. The first kappa shape index (κ1) is 13.8. The molecule has 2 rings (SSSR count). The molecule has 1 fully saturated rings. The molecule has 6 heteroatoms. The topological polar surface area (TPSA) is 87.5 Å². The number of nitrogens with zero attached hydrogens (tertiary/aromatic N) is 3. The Morgan fingerprint density at radius 2 is 1.95 bits per heavy atom. The molecule has 1 aromatic carbocycles. The zero-order chi connectivity index (χ0) is 14.1. The maximum absolute atomic E-state index is 11.0. The molecule has 0 unspecified atom stereocenters. The molecule has 102 valence electrons. The molecule has 0 aliphatic carbocycles. The first-order chi connectivity index (χ1) is 8.94. The first-order valence-electron chi connectivity index (χ1n) is 6.11. The third kappa shape index (κ3) is 2.09. The van der Waals surface area contributed by atoms with Crippen LogP contribution in [0.15, 0.2) is 35.4 Å². The van der Waals surface area contributed by atoms with Gasteiger partial charge in [0.25, 0.3) is 0 Å². The second-order valence-electron chi connectivity index (χ2n) is 4.81. The fourth-order valence-corrected chi connectivity index (χ4v) is 2.35. The van der Waals surface area contributed by atoms with E-state index in [9.17, 15) is 5.11 Å². The normalized spacial score (nSPS) is 38.5. The summed E-state index contributed by atoms with van der Waals surface area (Å²) in [7, 11) is 0. The molecule has 4 atom stereocenters. The summed E-state index contributed by atoms with van der Waals surface area (Å²) >= 11 is 0. The van der Waals surface area contributed by atoms with Crippen LogP contribution in [0.2, 0.25) is 0 Å².